The van der Waals surface area contributed by atoms with Crippen LogP contribution in [-0.4, -0.2) is 32.8 Å². The first-order valence-electron chi connectivity index (χ1n) is 9.49. The lowest BCUT2D eigenvalue weighted by atomic mass is 9.85. The molecule has 0 radical (unpaired) electrons. The molecule has 1 aromatic heterocycles. The number of halogens is 2. The van der Waals surface area contributed by atoms with Crippen LogP contribution in [0.4, 0.5) is 4.39 Å². The molecule has 31 heavy (non-hydrogen) atoms. The van der Waals surface area contributed by atoms with Crippen LogP contribution in [-0.2, 0) is 6.54 Å². The number of aromatic nitrogens is 1. The molecular formula is C21H18ClFN6O2. The van der Waals surface area contributed by atoms with Crippen molar-refractivity contribution in [3.05, 3.63) is 97.2 Å². The van der Waals surface area contributed by atoms with E-state index in [1.807, 2.05) is 11.0 Å². The quantitative estimate of drug-likeness (QED) is 0.441. The minimum atomic E-state index is -1.08. The van der Waals surface area contributed by atoms with Gasteiger partial charge in [-0.3, -0.25) is 10.1 Å². The third-order valence-corrected chi connectivity index (χ3v) is 5.74. The van der Waals surface area contributed by atoms with Crippen LogP contribution in [0.1, 0.15) is 22.6 Å². The second-order valence-corrected chi connectivity index (χ2v) is 7.77. The minimum absolute atomic E-state index is 0.0358. The van der Waals surface area contributed by atoms with E-state index in [0.29, 0.717) is 41.7 Å². The fourth-order valence-electron chi connectivity index (χ4n) is 3.99. The molecule has 1 aromatic carbocycles. The Kier molecular flexibility index (Phi) is 5.25. The lowest BCUT2D eigenvalue weighted by Crippen LogP contribution is -2.37. The molecule has 0 aliphatic carbocycles. The Hall–Kier alpha value is -3.64. The van der Waals surface area contributed by atoms with Gasteiger partial charge in [-0.2, -0.15) is 5.26 Å². The Balaban J connectivity index is 1.86. The number of nitrogens with two attached hydrogens (primary N) is 1. The van der Waals surface area contributed by atoms with Crippen LogP contribution in [0.25, 0.3) is 0 Å². The van der Waals surface area contributed by atoms with E-state index in [9.17, 15) is 19.8 Å². The molecule has 2 aromatic rings. The molecule has 8 nitrogen and oxygen atoms in total. The second kappa shape index (κ2) is 7.89. The first kappa shape index (κ1) is 20.6. The number of benzene rings is 1. The molecule has 0 bridgehead atoms. The molecule has 1 atom stereocenters. The fourth-order valence-corrected chi connectivity index (χ4v) is 4.11. The molecule has 10 heteroatoms. The third kappa shape index (κ3) is 3.55. The second-order valence-electron chi connectivity index (χ2n) is 7.38. The highest BCUT2D eigenvalue weighted by Gasteiger charge is 2.47. The lowest BCUT2D eigenvalue weighted by molar-refractivity contribution is -0.432. The normalized spacial score (nSPS) is 18.3. The van der Waals surface area contributed by atoms with Crippen LogP contribution in [0.2, 0.25) is 5.15 Å². The number of nitriles is 1. The minimum Gasteiger partial charge on any atom is -0.384 e. The molecule has 1 unspecified atom stereocenters. The molecule has 1 saturated heterocycles. The highest BCUT2D eigenvalue weighted by Crippen LogP contribution is 2.43. The number of nitro groups is 1. The Morgan fingerprint density at radius 1 is 1.39 bits per heavy atom. The molecular weight excluding hydrogens is 423 g/mol. The molecule has 3 heterocycles. The molecule has 2 N–H and O–H groups in total. The van der Waals surface area contributed by atoms with Gasteiger partial charge in [-0.15, -0.1) is 0 Å². The van der Waals surface area contributed by atoms with Gasteiger partial charge in [-0.05, 0) is 35.7 Å². The smallest absolute Gasteiger partial charge is 0.299 e. The van der Waals surface area contributed by atoms with Gasteiger partial charge in [0.2, 0.25) is 0 Å². The van der Waals surface area contributed by atoms with Crippen molar-refractivity contribution < 1.29 is 9.31 Å². The maximum absolute atomic E-state index is 14.3. The number of hydrogen-bond acceptors (Lipinski definition) is 7. The third-order valence-electron chi connectivity index (χ3n) is 5.52. The molecule has 158 valence electrons. The first-order valence-corrected chi connectivity index (χ1v) is 9.87. The Bertz CT molecular complexity index is 1170. The zero-order valence-electron chi connectivity index (χ0n) is 16.5. The predicted molar refractivity (Wildman–Crippen MR) is 111 cm³/mol. The van der Waals surface area contributed by atoms with Crippen molar-refractivity contribution in [1.82, 2.24) is 14.8 Å². The van der Waals surface area contributed by atoms with Crippen molar-refractivity contribution in [3.63, 3.8) is 0 Å². The summed E-state index contributed by atoms with van der Waals surface area (Å²) in [5.41, 5.74) is 7.65. The number of hydrogen-bond donors (Lipinski definition) is 1. The van der Waals surface area contributed by atoms with E-state index in [0.717, 1.165) is 5.56 Å². The van der Waals surface area contributed by atoms with E-state index in [1.165, 1.54) is 12.1 Å². The van der Waals surface area contributed by atoms with Crippen LogP contribution in [0, 0.1) is 34.2 Å². The summed E-state index contributed by atoms with van der Waals surface area (Å²) in [5, 5.41) is 22.4. The van der Waals surface area contributed by atoms with Crippen molar-refractivity contribution in [2.24, 2.45) is 5.73 Å². The van der Waals surface area contributed by atoms with Crippen molar-refractivity contribution in [2.75, 3.05) is 13.1 Å². The van der Waals surface area contributed by atoms with Gasteiger partial charge in [-0.1, -0.05) is 29.8 Å². The average Bonchev–Trinajstić information content (AvgIpc) is 3.15. The maximum atomic E-state index is 14.3. The highest BCUT2D eigenvalue weighted by molar-refractivity contribution is 6.29. The zero-order chi connectivity index (χ0) is 22.3. The average molecular weight is 441 g/mol. The summed E-state index contributed by atoms with van der Waals surface area (Å²) >= 11 is 5.85. The van der Waals surface area contributed by atoms with Gasteiger partial charge >= 0.3 is 0 Å². The van der Waals surface area contributed by atoms with Crippen LogP contribution in [0.5, 0.6) is 0 Å². The Labute approximate surface area is 182 Å². The summed E-state index contributed by atoms with van der Waals surface area (Å²) in [6.07, 6.45) is 1.60. The van der Waals surface area contributed by atoms with E-state index in [2.05, 4.69) is 4.98 Å². The number of rotatable bonds is 4. The van der Waals surface area contributed by atoms with Crippen molar-refractivity contribution in [2.45, 2.75) is 19.4 Å². The maximum Gasteiger partial charge on any atom is 0.299 e. The van der Waals surface area contributed by atoms with Gasteiger partial charge in [-0.25, -0.2) is 9.37 Å². The summed E-state index contributed by atoms with van der Waals surface area (Å²) in [6, 6.07) is 9.81. The molecule has 0 saturated carbocycles. The van der Waals surface area contributed by atoms with Crippen molar-refractivity contribution >= 4 is 11.6 Å². The summed E-state index contributed by atoms with van der Waals surface area (Å²) in [6.45, 7) is 2.80. The van der Waals surface area contributed by atoms with E-state index in [1.54, 1.807) is 36.2 Å². The van der Waals surface area contributed by atoms with E-state index < -0.39 is 16.7 Å². The Morgan fingerprint density at radius 2 is 2.16 bits per heavy atom. The number of aryl methyl sites for hydroxylation is 1. The van der Waals surface area contributed by atoms with Crippen LogP contribution >= 0.6 is 11.6 Å². The number of allylic oxidation sites excluding steroid dienone is 1. The number of fused-ring (bicyclic) bond motifs is 1. The molecule has 0 amide bonds. The van der Waals surface area contributed by atoms with Crippen molar-refractivity contribution in [1.29, 1.82) is 5.26 Å². The standard InChI is InChI=1S/C21H18ClFN6O2/c1-12-2-4-14(8-16(12)23)18-15(9-24)20(25)28-7-6-27(21(28)19(18)29(30)31)11-13-3-5-17(22)26-10-13/h2-5,8,10,18H,6-7,11,25H2,1H3. The number of nitrogens with zero attached hydrogens (tertiary/aromatic N) is 5. The molecule has 0 spiro atoms. The van der Waals surface area contributed by atoms with Crippen LogP contribution < -0.4 is 5.73 Å². The van der Waals surface area contributed by atoms with Gasteiger partial charge in [0.05, 0.1) is 16.6 Å². The van der Waals surface area contributed by atoms with E-state index >= 15 is 0 Å². The monoisotopic (exact) mass is 440 g/mol. The zero-order valence-corrected chi connectivity index (χ0v) is 17.3. The summed E-state index contributed by atoms with van der Waals surface area (Å²) < 4.78 is 14.3. The molecule has 2 aliphatic rings. The highest BCUT2D eigenvalue weighted by atomic mass is 35.5. The summed E-state index contributed by atoms with van der Waals surface area (Å²) in [7, 11) is 0. The molecule has 1 fully saturated rings. The van der Waals surface area contributed by atoms with Gasteiger partial charge in [0.25, 0.3) is 5.70 Å². The molecule has 2 aliphatic heterocycles. The van der Waals surface area contributed by atoms with Gasteiger partial charge in [0.15, 0.2) is 5.82 Å². The first-order chi connectivity index (χ1) is 14.8. The predicted octanol–water partition coefficient (Wildman–Crippen LogP) is 3.24. The van der Waals surface area contributed by atoms with Crippen LogP contribution in [0.15, 0.2) is 59.4 Å². The number of pyridine rings is 1. The largest absolute Gasteiger partial charge is 0.384 e. The van der Waals surface area contributed by atoms with E-state index in [4.69, 9.17) is 17.3 Å². The fraction of sp³-hybridized carbons (Fsp3) is 0.238. The van der Waals surface area contributed by atoms with Gasteiger partial charge < -0.3 is 15.5 Å². The summed E-state index contributed by atoms with van der Waals surface area (Å²) in [4.78, 5) is 19.2. The van der Waals surface area contributed by atoms with Crippen LogP contribution in [0.3, 0.4) is 0 Å². The topological polar surface area (TPSA) is 112 Å². The molecule has 4 rings (SSSR count). The van der Waals surface area contributed by atoms with E-state index in [-0.39, 0.29) is 17.1 Å². The van der Waals surface area contributed by atoms with Gasteiger partial charge in [0, 0.05) is 25.8 Å². The van der Waals surface area contributed by atoms with Crippen molar-refractivity contribution in [3.8, 4) is 6.07 Å². The lowest BCUT2D eigenvalue weighted by Gasteiger charge is -2.32. The van der Waals surface area contributed by atoms with Gasteiger partial charge in [0.1, 0.15) is 22.7 Å². The Morgan fingerprint density at radius 3 is 2.77 bits per heavy atom. The SMILES string of the molecule is Cc1ccc(C2C(C#N)=C(N)N3CCN(Cc4ccc(Cl)nc4)C3=C2[N+](=O)[O-])cc1F. The summed E-state index contributed by atoms with van der Waals surface area (Å²) in [5.74, 6) is -1.13.